The van der Waals surface area contributed by atoms with E-state index in [-0.39, 0.29) is 41.0 Å². The summed E-state index contributed by atoms with van der Waals surface area (Å²) in [6.45, 7) is -1.74. The van der Waals surface area contributed by atoms with Crippen LogP contribution >= 0.6 is 0 Å². The molecule has 45 heavy (non-hydrogen) atoms. The van der Waals surface area contributed by atoms with Crippen molar-refractivity contribution in [2.24, 2.45) is 0 Å². The molecule has 0 aliphatic carbocycles. The number of carbonyl (C=O) groups is 1. The zero-order chi connectivity index (χ0) is 32.8. The Morgan fingerprint density at radius 2 is 1.67 bits per heavy atom. The lowest BCUT2D eigenvalue weighted by atomic mass is 10.1. The predicted molar refractivity (Wildman–Crippen MR) is 156 cm³/mol. The van der Waals surface area contributed by atoms with Crippen molar-refractivity contribution in [3.8, 4) is 5.75 Å². The molecule has 2 N–H and O–H groups in total. The third kappa shape index (κ3) is 8.92. The van der Waals surface area contributed by atoms with E-state index in [1.807, 2.05) is 4.90 Å². The van der Waals surface area contributed by atoms with Crippen molar-refractivity contribution in [2.45, 2.75) is 55.6 Å². The van der Waals surface area contributed by atoms with Crippen molar-refractivity contribution in [1.82, 2.24) is 5.32 Å². The van der Waals surface area contributed by atoms with Crippen molar-refractivity contribution in [3.63, 3.8) is 0 Å². The van der Waals surface area contributed by atoms with Crippen LogP contribution in [0.2, 0.25) is 0 Å². The van der Waals surface area contributed by atoms with Gasteiger partial charge in [0, 0.05) is 23.7 Å². The number of nitrogens with one attached hydrogen (secondary N) is 1. The van der Waals surface area contributed by atoms with Crippen molar-refractivity contribution in [1.29, 1.82) is 0 Å². The average molecular weight is 657 g/mol. The summed E-state index contributed by atoms with van der Waals surface area (Å²) in [7, 11) is -3.40. The summed E-state index contributed by atoms with van der Waals surface area (Å²) in [5.74, 6) is -0.307. The molecule has 0 bridgehead atoms. The van der Waals surface area contributed by atoms with Crippen molar-refractivity contribution < 1.29 is 49.7 Å². The molecule has 0 radical (unpaired) electrons. The maximum absolute atomic E-state index is 13.0. The van der Waals surface area contributed by atoms with Crippen LogP contribution in [0.25, 0.3) is 0 Å². The number of alkyl halides is 5. The van der Waals surface area contributed by atoms with E-state index in [1.165, 1.54) is 43.3 Å². The van der Waals surface area contributed by atoms with E-state index in [4.69, 9.17) is 4.74 Å². The van der Waals surface area contributed by atoms with Crippen LogP contribution in [-0.4, -0.2) is 63.7 Å². The Balaban J connectivity index is 1.44. The zero-order valence-corrected chi connectivity index (χ0v) is 25.0. The molecule has 1 fully saturated rings. The van der Waals surface area contributed by atoms with E-state index in [0.29, 0.717) is 24.2 Å². The molecule has 1 aliphatic rings. The first-order valence-electron chi connectivity index (χ1n) is 14.2. The van der Waals surface area contributed by atoms with Crippen LogP contribution < -0.4 is 15.0 Å². The van der Waals surface area contributed by atoms with Gasteiger partial charge >= 0.3 is 12.8 Å². The average Bonchev–Trinajstić information content (AvgIpc) is 3.41. The maximum Gasteiger partial charge on any atom is 0.416 e. The number of hydrogen-bond donors (Lipinski definition) is 2. The predicted octanol–water partition coefficient (Wildman–Crippen LogP) is 5.62. The molecule has 1 heterocycles. The maximum atomic E-state index is 13.0. The van der Waals surface area contributed by atoms with Gasteiger partial charge < -0.3 is 24.8 Å². The van der Waals surface area contributed by atoms with Gasteiger partial charge in [0.15, 0.2) is 9.84 Å². The molecule has 1 amide bonds. The molecule has 244 valence electrons. The highest BCUT2D eigenvalue weighted by molar-refractivity contribution is 7.91. The van der Waals surface area contributed by atoms with Gasteiger partial charge in [-0.15, -0.1) is 0 Å². The van der Waals surface area contributed by atoms with Gasteiger partial charge in [-0.05, 0) is 72.6 Å². The highest BCUT2D eigenvalue weighted by atomic mass is 32.2. The van der Waals surface area contributed by atoms with Gasteiger partial charge in [0.2, 0.25) is 0 Å². The van der Waals surface area contributed by atoms with Crippen molar-refractivity contribution in [2.75, 3.05) is 30.4 Å². The van der Waals surface area contributed by atoms with E-state index in [2.05, 4.69) is 10.1 Å². The fourth-order valence-electron chi connectivity index (χ4n) is 5.11. The standard InChI is InChI=1S/C31H33F5N2O6S/c1-2-45(41,42)27-13-5-20(6-14-27)28(19-39)37-29(40)21-3-9-23(10-4-21)38-18-26(17-24(38)15-16-43-30(32)33)44-25-11-7-22(8-12-25)31(34,35)36/h3-14,24,26,28,30,39H,2,15-19H2,1H3,(H,37,40)/t24-,26-,28+/m1/s1. The third-order valence-electron chi connectivity index (χ3n) is 7.53. The quantitative estimate of drug-likeness (QED) is 0.230. The molecule has 3 aromatic carbocycles. The minimum atomic E-state index is -4.48. The molecule has 0 spiro atoms. The topological polar surface area (TPSA) is 105 Å². The van der Waals surface area contributed by atoms with Crippen LogP contribution in [0.4, 0.5) is 27.6 Å². The molecule has 1 saturated heterocycles. The van der Waals surface area contributed by atoms with E-state index >= 15 is 0 Å². The number of anilines is 1. The fraction of sp³-hybridized carbons (Fsp3) is 0.387. The normalized spacial score (nSPS) is 17.8. The minimum absolute atomic E-state index is 0.0585. The van der Waals surface area contributed by atoms with E-state index in [9.17, 15) is 40.3 Å². The smallest absolute Gasteiger partial charge is 0.416 e. The van der Waals surface area contributed by atoms with Gasteiger partial charge in [-0.3, -0.25) is 4.79 Å². The van der Waals surface area contributed by atoms with Crippen LogP contribution in [0.5, 0.6) is 5.75 Å². The zero-order valence-electron chi connectivity index (χ0n) is 24.2. The molecule has 1 aliphatic heterocycles. The Bertz CT molecular complexity index is 1520. The number of aliphatic hydroxyl groups is 1. The second-order valence-electron chi connectivity index (χ2n) is 10.5. The molecular formula is C31H33F5N2O6S. The number of nitrogens with zero attached hydrogens (tertiary/aromatic N) is 1. The monoisotopic (exact) mass is 656 g/mol. The molecule has 3 aromatic rings. The summed E-state index contributed by atoms with van der Waals surface area (Å²) in [6.07, 6.45) is -4.31. The molecule has 0 unspecified atom stereocenters. The lowest BCUT2D eigenvalue weighted by Crippen LogP contribution is -2.32. The molecule has 0 saturated carbocycles. The summed E-state index contributed by atoms with van der Waals surface area (Å²) in [6, 6.07) is 15.6. The summed E-state index contributed by atoms with van der Waals surface area (Å²) < 4.78 is 98.5. The minimum Gasteiger partial charge on any atom is -0.489 e. The van der Waals surface area contributed by atoms with Crippen LogP contribution in [0.3, 0.4) is 0 Å². The molecule has 14 heteroatoms. The second kappa shape index (κ2) is 14.6. The first-order chi connectivity index (χ1) is 21.3. The summed E-state index contributed by atoms with van der Waals surface area (Å²) >= 11 is 0. The summed E-state index contributed by atoms with van der Waals surface area (Å²) in [4.78, 5) is 15.0. The number of amides is 1. The lowest BCUT2D eigenvalue weighted by molar-refractivity contribution is -0.137. The van der Waals surface area contributed by atoms with Gasteiger partial charge in [-0.25, -0.2) is 8.42 Å². The Labute approximate surface area is 257 Å². The van der Waals surface area contributed by atoms with Gasteiger partial charge in [0.25, 0.3) is 5.91 Å². The Morgan fingerprint density at radius 1 is 1.02 bits per heavy atom. The summed E-state index contributed by atoms with van der Waals surface area (Å²) in [5, 5.41) is 12.6. The number of sulfone groups is 1. The van der Waals surface area contributed by atoms with Crippen LogP contribution in [0.15, 0.2) is 77.7 Å². The van der Waals surface area contributed by atoms with Crippen LogP contribution in [0.1, 0.15) is 47.3 Å². The largest absolute Gasteiger partial charge is 0.489 e. The van der Waals surface area contributed by atoms with E-state index < -0.39 is 52.8 Å². The van der Waals surface area contributed by atoms with Gasteiger partial charge in [0.1, 0.15) is 11.9 Å². The molecular weight excluding hydrogens is 623 g/mol. The highest BCUT2D eigenvalue weighted by Gasteiger charge is 2.34. The Morgan fingerprint density at radius 3 is 2.22 bits per heavy atom. The molecule has 0 aromatic heterocycles. The number of ether oxygens (including phenoxy) is 2. The number of aliphatic hydroxyl groups excluding tert-OH is 1. The first-order valence-corrected chi connectivity index (χ1v) is 15.8. The van der Waals surface area contributed by atoms with Crippen LogP contribution in [-0.2, 0) is 20.8 Å². The lowest BCUT2D eigenvalue weighted by Gasteiger charge is -2.26. The Hall–Kier alpha value is -3.75. The van der Waals surface area contributed by atoms with E-state index in [1.54, 1.807) is 24.3 Å². The van der Waals surface area contributed by atoms with Gasteiger partial charge in [0.05, 0.1) is 42.0 Å². The first kappa shape index (κ1) is 34.1. The Kier molecular flexibility index (Phi) is 11.0. The molecule has 8 nitrogen and oxygen atoms in total. The van der Waals surface area contributed by atoms with Gasteiger partial charge in [-0.2, -0.15) is 22.0 Å². The van der Waals surface area contributed by atoms with Crippen molar-refractivity contribution in [3.05, 3.63) is 89.5 Å². The second-order valence-corrected chi connectivity index (χ2v) is 12.7. The number of hydrogen-bond acceptors (Lipinski definition) is 7. The van der Waals surface area contributed by atoms with E-state index in [0.717, 1.165) is 12.1 Å². The fourth-order valence-corrected chi connectivity index (χ4v) is 6.00. The van der Waals surface area contributed by atoms with Crippen molar-refractivity contribution >= 4 is 21.4 Å². The number of carbonyl (C=O) groups excluding carboxylic acids is 1. The number of halogens is 5. The number of rotatable bonds is 13. The van der Waals surface area contributed by atoms with Gasteiger partial charge in [-0.1, -0.05) is 19.1 Å². The summed E-state index contributed by atoms with van der Waals surface area (Å²) in [5.41, 5.74) is 0.650. The third-order valence-corrected chi connectivity index (χ3v) is 9.28. The highest BCUT2D eigenvalue weighted by Crippen LogP contribution is 2.33. The molecule has 4 rings (SSSR count). The number of benzene rings is 3. The SMILES string of the molecule is CCS(=O)(=O)c1ccc([C@H](CO)NC(=O)c2ccc(N3C[C@H](Oc4ccc(C(F)(F)F)cc4)C[C@H]3CCOC(F)F)cc2)cc1. The van der Waals surface area contributed by atoms with Crippen LogP contribution in [0, 0.1) is 0 Å². The molecule has 3 atom stereocenters.